The van der Waals surface area contributed by atoms with Gasteiger partial charge in [-0.25, -0.2) is 22.8 Å². The van der Waals surface area contributed by atoms with Gasteiger partial charge < -0.3 is 5.73 Å². The fraction of sp³-hybridized carbons (Fsp3) is 0.167. The molecule has 0 spiro atoms. The van der Waals surface area contributed by atoms with Crippen molar-refractivity contribution in [2.45, 2.75) is 6.54 Å². The van der Waals surface area contributed by atoms with Crippen LogP contribution in [0.4, 0.5) is 8.78 Å². The lowest BCUT2D eigenvalue weighted by Gasteiger charge is -2.03. The summed E-state index contributed by atoms with van der Waals surface area (Å²) in [6, 6.07) is 4.25. The Morgan fingerprint density at radius 3 is 2.76 bits per heavy atom. The molecule has 0 unspecified atom stereocenters. The molecule has 1 heterocycles. The maximum Gasteiger partial charge on any atom is 0.350 e. The maximum atomic E-state index is 13.5. The van der Waals surface area contributed by atoms with Gasteiger partial charge in [-0.3, -0.25) is 0 Å². The van der Waals surface area contributed by atoms with Crippen molar-refractivity contribution in [2.24, 2.45) is 5.73 Å². The van der Waals surface area contributed by atoms with Crippen molar-refractivity contribution in [1.29, 1.82) is 0 Å². The second kappa shape index (κ2) is 7.48. The SMILES string of the molecule is Cl.NC/C(=C\F)Cn1ncn(-c2ccc(Br)c(F)c2)c1=O. The number of hydrogen-bond donors (Lipinski definition) is 1. The molecule has 0 bridgehead atoms. The number of nitrogens with zero attached hydrogens (tertiary/aromatic N) is 3. The molecule has 0 amide bonds. The monoisotopic (exact) mass is 380 g/mol. The van der Waals surface area contributed by atoms with Crippen LogP contribution in [0.2, 0.25) is 0 Å². The van der Waals surface area contributed by atoms with Crippen LogP contribution in [-0.4, -0.2) is 20.9 Å². The molecular weight excluding hydrogens is 370 g/mol. The van der Waals surface area contributed by atoms with Gasteiger partial charge in [0, 0.05) is 6.54 Å². The van der Waals surface area contributed by atoms with Gasteiger partial charge in [0.05, 0.1) is 23.0 Å². The largest absolute Gasteiger partial charge is 0.350 e. The van der Waals surface area contributed by atoms with E-state index in [1.54, 1.807) is 6.07 Å². The summed E-state index contributed by atoms with van der Waals surface area (Å²) < 4.78 is 28.4. The molecule has 2 aromatic rings. The van der Waals surface area contributed by atoms with Crippen LogP contribution in [0, 0.1) is 5.82 Å². The Balaban J connectivity index is 0.00000220. The van der Waals surface area contributed by atoms with Crippen LogP contribution in [0.3, 0.4) is 0 Å². The molecule has 0 atom stereocenters. The number of nitrogens with two attached hydrogens (primary N) is 1. The van der Waals surface area contributed by atoms with E-state index in [4.69, 9.17) is 5.73 Å². The van der Waals surface area contributed by atoms with Crippen molar-refractivity contribution in [3.63, 3.8) is 0 Å². The Hall–Kier alpha value is -1.51. The van der Waals surface area contributed by atoms with E-state index in [2.05, 4.69) is 21.0 Å². The quantitative estimate of drug-likeness (QED) is 0.883. The predicted octanol–water partition coefficient (Wildman–Crippen LogP) is 2.17. The van der Waals surface area contributed by atoms with Gasteiger partial charge in [0.15, 0.2) is 0 Å². The topological polar surface area (TPSA) is 65.8 Å². The normalized spacial score (nSPS) is 11.3. The van der Waals surface area contributed by atoms with E-state index in [9.17, 15) is 13.6 Å². The predicted molar refractivity (Wildman–Crippen MR) is 81.0 cm³/mol. The standard InChI is InChI=1S/C12H11BrF2N4O.ClH/c13-10-2-1-9(3-11(10)15)18-7-17-19(12(18)20)6-8(4-14)5-16;/h1-4,7H,5-6,16H2;1H/b8-4+;. The zero-order valence-corrected chi connectivity index (χ0v) is 13.1. The van der Waals surface area contributed by atoms with E-state index in [0.29, 0.717) is 16.5 Å². The minimum atomic E-state index is -0.500. The van der Waals surface area contributed by atoms with E-state index >= 15 is 0 Å². The van der Waals surface area contributed by atoms with Crippen molar-refractivity contribution < 1.29 is 8.78 Å². The zero-order valence-electron chi connectivity index (χ0n) is 10.7. The summed E-state index contributed by atoms with van der Waals surface area (Å²) in [7, 11) is 0. The highest BCUT2D eigenvalue weighted by Crippen LogP contribution is 2.17. The highest BCUT2D eigenvalue weighted by molar-refractivity contribution is 9.10. The zero-order chi connectivity index (χ0) is 14.7. The Morgan fingerprint density at radius 2 is 2.19 bits per heavy atom. The van der Waals surface area contributed by atoms with E-state index < -0.39 is 11.5 Å². The van der Waals surface area contributed by atoms with Crippen LogP contribution < -0.4 is 11.4 Å². The summed E-state index contributed by atoms with van der Waals surface area (Å²) in [6.07, 6.45) is 1.60. The second-order valence-corrected chi connectivity index (χ2v) is 4.87. The Labute approximate surface area is 133 Å². The van der Waals surface area contributed by atoms with Gasteiger partial charge in [-0.05, 0) is 39.7 Å². The Morgan fingerprint density at radius 1 is 1.48 bits per heavy atom. The third-order valence-corrected chi connectivity index (χ3v) is 3.33. The fourth-order valence-electron chi connectivity index (χ4n) is 1.59. The summed E-state index contributed by atoms with van der Waals surface area (Å²) in [5, 5.41) is 3.85. The molecular formula is C12H12BrClF2N4O. The van der Waals surface area contributed by atoms with E-state index in [0.717, 1.165) is 4.68 Å². The molecule has 0 aliphatic heterocycles. The smallest absolute Gasteiger partial charge is 0.327 e. The van der Waals surface area contributed by atoms with Gasteiger partial charge in [0.1, 0.15) is 12.1 Å². The van der Waals surface area contributed by atoms with Gasteiger partial charge in [-0.15, -0.1) is 12.4 Å². The van der Waals surface area contributed by atoms with E-state index in [1.807, 2.05) is 0 Å². The summed E-state index contributed by atoms with van der Waals surface area (Å²) in [6.45, 7) is -0.0550. The van der Waals surface area contributed by atoms with Crippen molar-refractivity contribution in [2.75, 3.05) is 6.54 Å². The first-order valence-corrected chi connectivity index (χ1v) is 6.44. The van der Waals surface area contributed by atoms with Gasteiger partial charge in [0.2, 0.25) is 0 Å². The lowest BCUT2D eigenvalue weighted by Crippen LogP contribution is -2.26. The van der Waals surface area contributed by atoms with Crippen LogP contribution in [0.15, 0.2) is 45.7 Å². The molecule has 5 nitrogen and oxygen atoms in total. The first-order valence-electron chi connectivity index (χ1n) is 5.65. The van der Waals surface area contributed by atoms with Crippen molar-refractivity contribution in [1.82, 2.24) is 14.3 Å². The summed E-state index contributed by atoms with van der Waals surface area (Å²) in [5.41, 5.74) is 5.39. The average Bonchev–Trinajstić information content (AvgIpc) is 2.80. The van der Waals surface area contributed by atoms with Gasteiger partial charge >= 0.3 is 5.69 Å². The lowest BCUT2D eigenvalue weighted by molar-refractivity contribution is 0.610. The lowest BCUT2D eigenvalue weighted by atomic mass is 10.3. The molecule has 1 aromatic carbocycles. The molecule has 114 valence electrons. The molecule has 0 aliphatic carbocycles. The minimum absolute atomic E-state index is 0. The number of hydrogen-bond acceptors (Lipinski definition) is 3. The highest BCUT2D eigenvalue weighted by Gasteiger charge is 2.10. The van der Waals surface area contributed by atoms with E-state index in [-0.39, 0.29) is 31.1 Å². The molecule has 0 saturated heterocycles. The summed E-state index contributed by atoms with van der Waals surface area (Å²) in [4.78, 5) is 12.1. The third kappa shape index (κ3) is 3.78. The van der Waals surface area contributed by atoms with Crippen molar-refractivity contribution in [3.8, 4) is 5.69 Å². The average molecular weight is 382 g/mol. The number of aromatic nitrogens is 3. The molecule has 0 aliphatic rings. The van der Waals surface area contributed by atoms with Crippen LogP contribution in [0.5, 0.6) is 0 Å². The van der Waals surface area contributed by atoms with E-state index in [1.165, 1.54) is 23.0 Å². The number of rotatable bonds is 4. The van der Waals surface area contributed by atoms with Crippen LogP contribution >= 0.6 is 28.3 Å². The minimum Gasteiger partial charge on any atom is -0.327 e. The molecule has 9 heteroatoms. The number of benzene rings is 1. The van der Waals surface area contributed by atoms with Crippen molar-refractivity contribution >= 4 is 28.3 Å². The number of halogens is 4. The van der Waals surface area contributed by atoms with Gasteiger partial charge in [0.25, 0.3) is 0 Å². The molecule has 0 fully saturated rings. The molecule has 21 heavy (non-hydrogen) atoms. The van der Waals surface area contributed by atoms with Crippen molar-refractivity contribution in [3.05, 3.63) is 57.2 Å². The van der Waals surface area contributed by atoms with Crippen LogP contribution in [-0.2, 0) is 6.54 Å². The third-order valence-electron chi connectivity index (χ3n) is 2.68. The highest BCUT2D eigenvalue weighted by atomic mass is 79.9. The summed E-state index contributed by atoms with van der Waals surface area (Å²) >= 11 is 3.03. The van der Waals surface area contributed by atoms with Crippen LogP contribution in [0.1, 0.15) is 0 Å². The second-order valence-electron chi connectivity index (χ2n) is 4.01. The Bertz CT molecular complexity index is 714. The fourth-order valence-corrected chi connectivity index (χ4v) is 1.84. The van der Waals surface area contributed by atoms with Gasteiger partial charge in [-0.2, -0.15) is 5.10 Å². The molecule has 0 radical (unpaired) electrons. The van der Waals surface area contributed by atoms with Gasteiger partial charge in [-0.1, -0.05) is 0 Å². The molecule has 0 saturated carbocycles. The summed E-state index contributed by atoms with van der Waals surface area (Å²) in [5.74, 6) is -0.492. The first-order chi connectivity index (χ1) is 9.56. The first kappa shape index (κ1) is 17.5. The molecule has 2 N–H and O–H groups in total. The van der Waals surface area contributed by atoms with Crippen LogP contribution in [0.25, 0.3) is 5.69 Å². The molecule has 2 rings (SSSR count). The Kier molecular flexibility index (Phi) is 6.25. The molecule has 1 aromatic heterocycles. The maximum absolute atomic E-state index is 13.5.